The fourth-order valence-corrected chi connectivity index (χ4v) is 0.319. The second-order valence-corrected chi connectivity index (χ2v) is 2.31. The fourth-order valence-electron chi connectivity index (χ4n) is 0.204. The van der Waals surface area contributed by atoms with Gasteiger partial charge in [0.25, 0.3) is 0 Å². The van der Waals surface area contributed by atoms with Crippen LogP contribution in [0.5, 0.6) is 0 Å². The van der Waals surface area contributed by atoms with Gasteiger partial charge in [0.1, 0.15) is 6.61 Å². The Hall–Kier alpha value is 1.93. The molecule has 0 aromatic carbocycles. The van der Waals surface area contributed by atoms with Gasteiger partial charge in [-0.2, -0.15) is 3.71 Å². The third-order valence-electron chi connectivity index (χ3n) is 0.507. The number of carbonyl (C=O) groups excluding carboxylic acids is 1. The van der Waals surface area contributed by atoms with Crippen molar-refractivity contribution in [2.24, 2.45) is 5.73 Å². The topological polar surface area (TPSA) is 55.6 Å². The van der Waals surface area contributed by atoms with Crippen LogP contribution in [-0.4, -0.2) is 23.0 Å². The molecule has 0 aliphatic rings. The average Bonchev–Trinajstić information content (AvgIpc) is 1.82. The molecule has 58 valence electrons. The van der Waals surface area contributed by atoms with Crippen LogP contribution in [0.25, 0.3) is 0 Å². The molecule has 0 bridgehead atoms. The molecule has 0 fully saturated rings. The Morgan fingerprint density at radius 3 is 2.27 bits per heavy atom. The molecule has 0 saturated heterocycles. The van der Waals surface area contributed by atoms with E-state index in [-0.39, 0.29) is 68.6 Å². The molecule has 0 aromatic rings. The first-order chi connectivity index (χ1) is 4.18. The molecule has 0 unspecified atom stereocenters. The van der Waals surface area contributed by atoms with Crippen molar-refractivity contribution in [3.8, 4) is 0 Å². The number of amides is 1. The van der Waals surface area contributed by atoms with Gasteiger partial charge in [0.15, 0.2) is 0 Å². The monoisotopic (exact) mass is 216 g/mol. The van der Waals surface area contributed by atoms with Crippen molar-refractivity contribution in [1.82, 2.24) is 3.71 Å². The summed E-state index contributed by atoms with van der Waals surface area (Å²) in [4.78, 5) is 10.4. The summed E-state index contributed by atoms with van der Waals surface area (Å²) < 4.78 is 5.21. The summed E-state index contributed by atoms with van der Waals surface area (Å²) in [5.41, 5.74) is 5.03. The molecule has 0 saturated carbocycles. The number of hydrogen-bond acceptors (Lipinski definition) is 5. The van der Waals surface area contributed by atoms with Crippen LogP contribution in [0.4, 0.5) is 4.79 Å². The Bertz CT molecular complexity index is 113. The molecule has 0 radical (unpaired) electrons. The predicted molar refractivity (Wildman–Crippen MR) is 42.4 cm³/mol. The smallest absolute Gasteiger partial charge is 1.00 e. The van der Waals surface area contributed by atoms with Gasteiger partial charge >= 0.3 is 65.2 Å². The van der Waals surface area contributed by atoms with Crippen molar-refractivity contribution >= 4 is 31.7 Å². The van der Waals surface area contributed by atoms with E-state index in [1.54, 1.807) is 0 Å². The van der Waals surface area contributed by atoms with E-state index in [2.05, 4.69) is 30.4 Å². The Morgan fingerprint density at radius 2 is 2.00 bits per heavy atom. The van der Waals surface area contributed by atoms with E-state index in [9.17, 15) is 4.79 Å². The van der Waals surface area contributed by atoms with Crippen molar-refractivity contribution in [3.05, 3.63) is 0 Å². The minimum absolute atomic E-state index is 0. The number of nitrogens with zero attached hydrogens (tertiary/aromatic N) is 1. The van der Waals surface area contributed by atoms with Crippen LogP contribution < -0.4 is 64.8 Å². The summed E-state index contributed by atoms with van der Waals surface area (Å²) in [6.07, 6.45) is -0.618. The van der Waals surface area contributed by atoms with Crippen molar-refractivity contribution in [3.63, 3.8) is 0 Å². The normalized spacial score (nSPS) is 7.18. The Kier molecular flexibility index (Phi) is 20.2. The van der Waals surface area contributed by atoms with Gasteiger partial charge in [-0.1, -0.05) is 0 Å². The van der Waals surface area contributed by atoms with Crippen LogP contribution in [0.1, 0.15) is 2.85 Å². The Balaban J connectivity index is -0.0000000533. The zero-order valence-corrected chi connectivity index (χ0v) is 12.4. The quantitative estimate of drug-likeness (QED) is 0.318. The fraction of sp³-hybridized carbons (Fsp3) is 0.667. The molecule has 0 atom stereocenters. The molecule has 0 spiro atoms. The van der Waals surface area contributed by atoms with E-state index in [4.69, 9.17) is 5.73 Å². The van der Waals surface area contributed by atoms with Crippen LogP contribution in [0.3, 0.4) is 0 Å². The van der Waals surface area contributed by atoms with Gasteiger partial charge in [0.05, 0.1) is 0 Å². The van der Waals surface area contributed by atoms with Crippen molar-refractivity contribution in [2.75, 3.05) is 13.2 Å². The van der Waals surface area contributed by atoms with E-state index in [0.29, 0.717) is 6.54 Å². The number of carbonyl (C=O) groups is 1. The number of hydrogen-bond donors (Lipinski definition) is 3. The first-order valence-electron chi connectivity index (χ1n) is 2.23. The summed E-state index contributed by atoms with van der Waals surface area (Å²) in [7, 11) is 0. The van der Waals surface area contributed by atoms with Gasteiger partial charge in [-0.05, 0) is 25.6 Å². The zero-order chi connectivity index (χ0) is 7.28. The SMILES string of the molecule is NCCOC(=O)N(S)S.[H-].[H-].[Na+].[Na+]. The van der Waals surface area contributed by atoms with Crippen LogP contribution >= 0.6 is 25.6 Å². The maximum atomic E-state index is 10.4. The van der Waals surface area contributed by atoms with Crippen molar-refractivity contribution in [2.45, 2.75) is 0 Å². The first kappa shape index (κ1) is 18.7. The third-order valence-corrected chi connectivity index (χ3v) is 0.833. The molecule has 8 heteroatoms. The second-order valence-electron chi connectivity index (χ2n) is 1.19. The van der Waals surface area contributed by atoms with Crippen LogP contribution in [-0.2, 0) is 4.74 Å². The molecule has 0 aromatic heterocycles. The Labute approximate surface area is 124 Å². The standard InChI is InChI=1S/C3H8N2O2S2.2Na.2H/c4-1-2-7-3(6)5(8)9;;;;/h8-9H,1-2,4H2;;;;/q;2*+1;2*-1. The van der Waals surface area contributed by atoms with E-state index in [1.165, 1.54) is 0 Å². The van der Waals surface area contributed by atoms with Gasteiger partial charge in [0, 0.05) is 6.54 Å². The third kappa shape index (κ3) is 11.9. The van der Waals surface area contributed by atoms with Crippen molar-refractivity contribution in [1.29, 1.82) is 0 Å². The van der Waals surface area contributed by atoms with Gasteiger partial charge in [-0.3, -0.25) is 0 Å². The molecule has 2 N–H and O–H groups in total. The first-order valence-corrected chi connectivity index (χ1v) is 3.03. The number of ether oxygens (including phenoxy) is 1. The molecule has 0 rings (SSSR count). The number of rotatable bonds is 2. The largest absolute Gasteiger partial charge is 1.00 e. The molecule has 11 heavy (non-hydrogen) atoms. The van der Waals surface area contributed by atoms with Crippen LogP contribution in [0.2, 0.25) is 0 Å². The van der Waals surface area contributed by atoms with Crippen LogP contribution in [0.15, 0.2) is 0 Å². The molecule has 0 heterocycles. The minimum atomic E-state index is -0.618. The second kappa shape index (κ2) is 11.9. The minimum Gasteiger partial charge on any atom is -1.00 e. The summed E-state index contributed by atoms with van der Waals surface area (Å²) >= 11 is 7.10. The average molecular weight is 216 g/mol. The molecular formula is C3H10N2Na2O2S2. The summed E-state index contributed by atoms with van der Waals surface area (Å²) in [6.45, 7) is 0.498. The van der Waals surface area contributed by atoms with Crippen LogP contribution in [0, 0.1) is 0 Å². The number of nitrogens with two attached hydrogens (primary N) is 1. The van der Waals surface area contributed by atoms with Gasteiger partial charge < -0.3 is 13.3 Å². The Morgan fingerprint density at radius 1 is 1.55 bits per heavy atom. The zero-order valence-electron chi connectivity index (χ0n) is 8.65. The predicted octanol–water partition coefficient (Wildman–Crippen LogP) is -5.69. The van der Waals surface area contributed by atoms with E-state index < -0.39 is 6.09 Å². The maximum Gasteiger partial charge on any atom is 1.00 e. The molecular weight excluding hydrogens is 206 g/mol. The van der Waals surface area contributed by atoms with Gasteiger partial charge in [-0.25, -0.2) is 4.79 Å². The molecule has 4 nitrogen and oxygen atoms in total. The van der Waals surface area contributed by atoms with Crippen molar-refractivity contribution < 1.29 is 71.5 Å². The summed E-state index contributed by atoms with van der Waals surface area (Å²) in [5, 5.41) is 0. The molecule has 0 aliphatic carbocycles. The van der Waals surface area contributed by atoms with Gasteiger partial charge in [0.2, 0.25) is 0 Å². The molecule has 1 amide bonds. The number of thiol groups is 2. The van der Waals surface area contributed by atoms with E-state index in [1.807, 2.05) is 0 Å². The van der Waals surface area contributed by atoms with E-state index >= 15 is 0 Å². The molecule has 0 aliphatic heterocycles. The summed E-state index contributed by atoms with van der Waals surface area (Å²) in [6, 6.07) is 0. The maximum absolute atomic E-state index is 10.4. The van der Waals surface area contributed by atoms with Gasteiger partial charge in [-0.15, -0.1) is 0 Å². The summed E-state index contributed by atoms with van der Waals surface area (Å²) in [5.74, 6) is 0. The van der Waals surface area contributed by atoms with E-state index in [0.717, 1.165) is 3.71 Å².